The molecule has 0 radical (unpaired) electrons. The van der Waals surface area contributed by atoms with Crippen LogP contribution in [0.25, 0.3) is 0 Å². The molecule has 3 N–H and O–H groups in total. The van der Waals surface area contributed by atoms with Crippen molar-refractivity contribution in [2.24, 2.45) is 10.9 Å². The van der Waals surface area contributed by atoms with Crippen molar-refractivity contribution in [3.05, 3.63) is 76.9 Å². The SMILES string of the molecule is CO[C@@H]1C[C@H](C(=O)Nc2cc(C3(CCC4CC4)NC4C=CN=CC=C43)ccc2F)N(CNc2ccc(Cl)cn2)C1. The maximum atomic E-state index is 15.1. The third-order valence-corrected chi connectivity index (χ3v) is 8.69. The largest absolute Gasteiger partial charge is 0.380 e. The summed E-state index contributed by atoms with van der Waals surface area (Å²) in [4.78, 5) is 24.1. The van der Waals surface area contributed by atoms with E-state index < -0.39 is 17.4 Å². The van der Waals surface area contributed by atoms with Crippen molar-refractivity contribution >= 4 is 35.2 Å². The first-order valence-electron chi connectivity index (χ1n) is 13.9. The number of hydrogen-bond donors (Lipinski definition) is 3. The van der Waals surface area contributed by atoms with Gasteiger partial charge in [-0.3, -0.25) is 20.0 Å². The second-order valence-electron chi connectivity index (χ2n) is 11.0. The minimum absolute atomic E-state index is 0.102. The predicted octanol–water partition coefficient (Wildman–Crippen LogP) is 4.85. The maximum Gasteiger partial charge on any atom is 0.241 e. The van der Waals surface area contributed by atoms with E-state index in [1.165, 1.54) is 24.5 Å². The Kier molecular flexibility index (Phi) is 7.72. The van der Waals surface area contributed by atoms with Gasteiger partial charge in [0.1, 0.15) is 11.6 Å². The summed E-state index contributed by atoms with van der Waals surface area (Å²) in [6.07, 6.45) is 14.3. The highest BCUT2D eigenvalue weighted by Gasteiger charge is 2.49. The number of hydrogen-bond acceptors (Lipinski definition) is 7. The van der Waals surface area contributed by atoms with Crippen LogP contribution in [0.1, 0.15) is 37.7 Å². The normalized spacial score (nSPS) is 27.5. The van der Waals surface area contributed by atoms with Gasteiger partial charge in [0, 0.05) is 32.3 Å². The zero-order valence-corrected chi connectivity index (χ0v) is 23.2. The van der Waals surface area contributed by atoms with Crippen molar-refractivity contribution in [3.63, 3.8) is 0 Å². The number of aromatic nitrogens is 1. The van der Waals surface area contributed by atoms with Crippen molar-refractivity contribution in [2.75, 3.05) is 31.0 Å². The van der Waals surface area contributed by atoms with E-state index >= 15 is 4.39 Å². The van der Waals surface area contributed by atoms with Crippen LogP contribution in [0.2, 0.25) is 5.02 Å². The molecule has 3 fully saturated rings. The number of anilines is 2. The summed E-state index contributed by atoms with van der Waals surface area (Å²) in [6, 6.07) is 8.23. The number of methoxy groups -OCH3 is 1. The van der Waals surface area contributed by atoms with E-state index in [1.54, 1.807) is 37.7 Å². The Labute approximate surface area is 238 Å². The monoisotopic (exact) mass is 564 g/mol. The molecule has 3 aliphatic heterocycles. The molecule has 4 atom stereocenters. The van der Waals surface area contributed by atoms with Crippen LogP contribution in [0.15, 0.2) is 65.4 Å². The summed E-state index contributed by atoms with van der Waals surface area (Å²) in [6.45, 7) is 0.949. The summed E-state index contributed by atoms with van der Waals surface area (Å²) >= 11 is 5.94. The average Bonchev–Trinajstić information content (AvgIpc) is 3.72. The van der Waals surface area contributed by atoms with Gasteiger partial charge in [-0.05, 0) is 72.7 Å². The summed E-state index contributed by atoms with van der Waals surface area (Å²) in [7, 11) is 1.64. The van der Waals surface area contributed by atoms with E-state index in [1.807, 2.05) is 23.3 Å². The number of carbonyl (C=O) groups is 1. The van der Waals surface area contributed by atoms with Crippen molar-refractivity contribution in [2.45, 2.75) is 55.8 Å². The molecule has 4 aliphatic rings. The van der Waals surface area contributed by atoms with Crippen LogP contribution in [-0.4, -0.2) is 60.5 Å². The molecule has 0 bridgehead atoms. The Hall–Kier alpha value is -3.11. The van der Waals surface area contributed by atoms with Gasteiger partial charge in [-0.25, -0.2) is 9.37 Å². The first-order chi connectivity index (χ1) is 19.4. The predicted molar refractivity (Wildman–Crippen MR) is 155 cm³/mol. The molecule has 40 heavy (non-hydrogen) atoms. The molecule has 1 aliphatic carbocycles. The van der Waals surface area contributed by atoms with Crippen molar-refractivity contribution in [1.29, 1.82) is 0 Å². The number of rotatable bonds is 10. The minimum atomic E-state index is -0.492. The Morgan fingerprint density at radius 3 is 2.95 bits per heavy atom. The molecule has 10 heteroatoms. The van der Waals surface area contributed by atoms with Gasteiger partial charge in [0.15, 0.2) is 0 Å². The molecule has 1 amide bonds. The highest BCUT2D eigenvalue weighted by Crippen LogP contribution is 2.48. The zero-order chi connectivity index (χ0) is 27.7. The number of amides is 1. The first kappa shape index (κ1) is 27.1. The highest BCUT2D eigenvalue weighted by atomic mass is 35.5. The van der Waals surface area contributed by atoms with Crippen LogP contribution in [0.5, 0.6) is 0 Å². The van der Waals surface area contributed by atoms with E-state index in [4.69, 9.17) is 16.3 Å². The van der Waals surface area contributed by atoms with E-state index in [0.29, 0.717) is 30.5 Å². The molecular formula is C30H34ClFN6O2. The molecule has 1 aromatic heterocycles. The molecule has 2 aromatic rings. The standard InChI is InChI=1S/C30H34ClFN6O2/c1-40-22-15-27(38(17-22)18-35-28-7-5-21(31)16-34-28)29(39)36-26-14-20(4-6-24(26)32)30(11-8-19-2-3-19)23-9-12-33-13-10-25(23)37-30/h4-7,9-10,12-14,16,19,22,25,27,37H,2-3,8,11,15,17-18H2,1H3,(H,34,35)(H,36,39)/t22-,25?,27-,30?/m1/s1. The Balaban J connectivity index is 1.20. The van der Waals surface area contributed by atoms with Crippen LogP contribution in [0.4, 0.5) is 15.9 Å². The number of allylic oxidation sites excluding steroid dienone is 1. The van der Waals surface area contributed by atoms with Gasteiger partial charge in [0.2, 0.25) is 5.91 Å². The maximum absolute atomic E-state index is 15.1. The Morgan fingerprint density at radius 1 is 1.30 bits per heavy atom. The quantitative estimate of drug-likeness (QED) is 0.382. The fourth-order valence-corrected chi connectivity index (χ4v) is 6.12. The minimum Gasteiger partial charge on any atom is -0.380 e. The third-order valence-electron chi connectivity index (χ3n) is 8.47. The molecule has 1 aromatic carbocycles. The summed E-state index contributed by atoms with van der Waals surface area (Å²) < 4.78 is 20.7. The van der Waals surface area contributed by atoms with E-state index in [9.17, 15) is 4.79 Å². The smallest absolute Gasteiger partial charge is 0.241 e. The summed E-state index contributed by atoms with van der Waals surface area (Å²) in [5, 5.41) is 10.4. The van der Waals surface area contributed by atoms with Gasteiger partial charge in [-0.15, -0.1) is 0 Å². The van der Waals surface area contributed by atoms with Crippen molar-refractivity contribution in [3.8, 4) is 0 Å². The Bertz CT molecular complexity index is 1340. The molecule has 2 saturated heterocycles. The van der Waals surface area contributed by atoms with Crippen LogP contribution in [0.3, 0.4) is 0 Å². The van der Waals surface area contributed by atoms with E-state index in [0.717, 1.165) is 24.3 Å². The lowest BCUT2D eigenvalue weighted by Crippen LogP contribution is -2.62. The summed E-state index contributed by atoms with van der Waals surface area (Å²) in [5.41, 5.74) is 1.95. The topological polar surface area (TPSA) is 90.9 Å². The number of benzene rings is 1. The fourth-order valence-electron chi connectivity index (χ4n) is 6.00. The number of aliphatic imine (C=N–C) groups is 1. The summed E-state index contributed by atoms with van der Waals surface area (Å²) in [5.74, 6) is 0.681. The van der Waals surface area contributed by atoms with Crippen molar-refractivity contribution in [1.82, 2.24) is 15.2 Å². The van der Waals surface area contributed by atoms with Gasteiger partial charge in [0.05, 0.1) is 41.1 Å². The lowest BCUT2D eigenvalue weighted by atomic mass is 9.68. The molecule has 2 unspecified atom stereocenters. The fraction of sp³-hybridized carbons (Fsp3) is 0.433. The van der Waals surface area contributed by atoms with Crippen molar-refractivity contribution < 1.29 is 13.9 Å². The van der Waals surface area contributed by atoms with Crippen LogP contribution < -0.4 is 16.0 Å². The van der Waals surface area contributed by atoms with Gasteiger partial charge in [-0.1, -0.05) is 30.5 Å². The number of carbonyl (C=O) groups excluding carboxylic acids is 1. The van der Waals surface area contributed by atoms with Gasteiger partial charge < -0.3 is 15.4 Å². The molecule has 8 nitrogen and oxygen atoms in total. The van der Waals surface area contributed by atoms with Crippen LogP contribution in [0, 0.1) is 11.7 Å². The molecular weight excluding hydrogens is 531 g/mol. The molecule has 6 rings (SSSR count). The number of likely N-dealkylation sites (tertiary alicyclic amines) is 1. The highest BCUT2D eigenvalue weighted by molar-refractivity contribution is 6.30. The van der Waals surface area contributed by atoms with E-state index in [2.05, 4.69) is 32.0 Å². The second kappa shape index (κ2) is 11.4. The van der Waals surface area contributed by atoms with Crippen LogP contribution >= 0.6 is 11.6 Å². The van der Waals surface area contributed by atoms with Crippen LogP contribution in [-0.2, 0) is 15.1 Å². The Morgan fingerprint density at radius 2 is 2.17 bits per heavy atom. The average molecular weight is 565 g/mol. The zero-order valence-electron chi connectivity index (χ0n) is 22.4. The second-order valence-corrected chi connectivity index (χ2v) is 11.5. The number of ether oxygens (including phenoxy) is 1. The molecule has 4 heterocycles. The number of fused-ring (bicyclic) bond motifs is 1. The lowest BCUT2D eigenvalue weighted by Gasteiger charge is -2.52. The number of pyridine rings is 1. The molecule has 0 spiro atoms. The first-order valence-corrected chi connectivity index (χ1v) is 14.2. The van der Waals surface area contributed by atoms with Gasteiger partial charge >= 0.3 is 0 Å². The van der Waals surface area contributed by atoms with Gasteiger partial charge in [0.25, 0.3) is 0 Å². The molecule has 210 valence electrons. The number of nitrogens with one attached hydrogen (secondary N) is 3. The van der Waals surface area contributed by atoms with E-state index in [-0.39, 0.29) is 23.7 Å². The number of halogens is 2. The third kappa shape index (κ3) is 5.56. The lowest BCUT2D eigenvalue weighted by molar-refractivity contribution is -0.120. The molecule has 1 saturated carbocycles. The van der Waals surface area contributed by atoms with Gasteiger partial charge in [-0.2, -0.15) is 0 Å². The number of nitrogens with zero attached hydrogens (tertiary/aromatic N) is 3.